The molecule has 0 aliphatic rings. The normalized spacial score (nSPS) is 9.17. The molecule has 0 fully saturated rings. The van der Waals surface area contributed by atoms with Crippen LogP contribution >= 0.6 is 0 Å². The molecule has 0 radical (unpaired) electrons. The molecule has 0 saturated heterocycles. The van der Waals surface area contributed by atoms with Crippen molar-refractivity contribution < 1.29 is 19.8 Å². The summed E-state index contributed by atoms with van der Waals surface area (Å²) in [4.78, 5) is 19.4. The lowest BCUT2D eigenvalue weighted by Crippen LogP contribution is -2.10. The van der Waals surface area contributed by atoms with Gasteiger partial charge in [-0.05, 0) is 19.3 Å². The molecule has 0 rings (SSSR count). The molecule has 4 N–H and O–H groups in total. The van der Waals surface area contributed by atoms with E-state index in [1.165, 1.54) is 25.7 Å². The quantitative estimate of drug-likeness (QED) is 0.413. The maximum atomic E-state index is 10.2. The van der Waals surface area contributed by atoms with Crippen molar-refractivity contribution in [3.8, 4) is 0 Å². The van der Waals surface area contributed by atoms with E-state index in [1.807, 2.05) is 6.08 Å². The van der Waals surface area contributed by atoms with Gasteiger partial charge in [0.2, 0.25) is 0 Å². The molecule has 0 aromatic rings. The predicted octanol–water partition coefficient (Wildman–Crippen LogP) is 2.41. The zero-order valence-corrected chi connectivity index (χ0v) is 10.9. The largest absolute Gasteiger partial charge is 0.481 e. The Morgan fingerprint density at radius 2 is 1.39 bits per heavy atom. The van der Waals surface area contributed by atoms with Gasteiger partial charge >= 0.3 is 11.9 Å². The number of carboxylic acids is 2. The molecule has 0 aliphatic heterocycles. The smallest absolute Gasteiger partial charge is 0.317 e. The van der Waals surface area contributed by atoms with Crippen molar-refractivity contribution in [3.05, 3.63) is 12.7 Å². The number of nitrogens with two attached hydrogens (primary N) is 1. The lowest BCUT2D eigenvalue weighted by Gasteiger charge is -1.98. The van der Waals surface area contributed by atoms with Gasteiger partial charge < -0.3 is 15.9 Å². The monoisotopic (exact) mass is 259 g/mol. The van der Waals surface area contributed by atoms with E-state index in [1.54, 1.807) is 0 Å². The minimum atomic E-state index is -0.968. The Hall–Kier alpha value is -1.36. The van der Waals surface area contributed by atoms with Gasteiger partial charge in [0.15, 0.2) is 0 Å². The molecule has 5 nitrogen and oxygen atoms in total. The standard InChI is InChI=1S/C11H20O2.C2H5NO2/c1-2-3-4-5-6-7-8-9-10-11(12)13;3-1-2(4)5/h2H,1,3-10H2,(H,12,13);1,3H2,(H,4,5). The first-order valence-electron chi connectivity index (χ1n) is 6.29. The first-order chi connectivity index (χ1) is 8.54. The number of hydrogen-bond acceptors (Lipinski definition) is 3. The number of rotatable bonds is 10. The average Bonchev–Trinajstić information content (AvgIpc) is 2.33. The lowest BCUT2D eigenvalue weighted by atomic mass is 10.1. The molecule has 18 heavy (non-hydrogen) atoms. The van der Waals surface area contributed by atoms with Crippen molar-refractivity contribution in [3.63, 3.8) is 0 Å². The van der Waals surface area contributed by atoms with Crippen LogP contribution in [0.5, 0.6) is 0 Å². The van der Waals surface area contributed by atoms with Gasteiger partial charge in [-0.25, -0.2) is 0 Å². The Balaban J connectivity index is 0. The second kappa shape index (κ2) is 15.6. The molecule has 0 aliphatic carbocycles. The fourth-order valence-electron chi connectivity index (χ4n) is 1.27. The van der Waals surface area contributed by atoms with E-state index in [0.717, 1.165) is 19.3 Å². The number of allylic oxidation sites excluding steroid dienone is 1. The van der Waals surface area contributed by atoms with Gasteiger partial charge in [-0.3, -0.25) is 9.59 Å². The SMILES string of the molecule is C=CCCCCCCCCC(=O)O.NCC(=O)O. The summed E-state index contributed by atoms with van der Waals surface area (Å²) in [5.74, 6) is -1.64. The van der Waals surface area contributed by atoms with Crippen LogP contribution < -0.4 is 5.73 Å². The zero-order chi connectivity index (χ0) is 14.2. The van der Waals surface area contributed by atoms with Crippen LogP contribution in [0.4, 0.5) is 0 Å². The van der Waals surface area contributed by atoms with E-state index in [4.69, 9.17) is 10.2 Å². The molecule has 0 aromatic heterocycles. The number of carboxylic acid groups (broad SMARTS) is 2. The molecule has 0 bridgehead atoms. The summed E-state index contributed by atoms with van der Waals surface area (Å²) in [5, 5.41) is 16.0. The van der Waals surface area contributed by atoms with Gasteiger partial charge in [-0.15, -0.1) is 6.58 Å². The molecule has 106 valence electrons. The Bertz CT molecular complexity index is 229. The van der Waals surface area contributed by atoms with Crippen LogP contribution in [0, 0.1) is 0 Å². The Morgan fingerprint density at radius 1 is 0.944 bits per heavy atom. The first kappa shape index (κ1) is 19.0. The molecule has 0 aromatic carbocycles. The average molecular weight is 259 g/mol. The third-order valence-electron chi connectivity index (χ3n) is 2.22. The van der Waals surface area contributed by atoms with Crippen molar-refractivity contribution in [2.75, 3.05) is 6.54 Å². The second-order valence-corrected chi connectivity index (χ2v) is 3.94. The van der Waals surface area contributed by atoms with Crippen LogP contribution in [-0.4, -0.2) is 28.7 Å². The minimum absolute atomic E-state index is 0.278. The zero-order valence-electron chi connectivity index (χ0n) is 10.9. The highest BCUT2D eigenvalue weighted by molar-refractivity contribution is 5.68. The summed E-state index contributed by atoms with van der Waals surface area (Å²) in [7, 11) is 0. The summed E-state index contributed by atoms with van der Waals surface area (Å²) in [6, 6.07) is 0. The Morgan fingerprint density at radius 3 is 1.78 bits per heavy atom. The molecular weight excluding hydrogens is 234 g/mol. The molecule has 0 unspecified atom stereocenters. The highest BCUT2D eigenvalue weighted by Gasteiger charge is 1.95. The lowest BCUT2D eigenvalue weighted by molar-refractivity contribution is -0.137. The van der Waals surface area contributed by atoms with Crippen LogP contribution in [0.2, 0.25) is 0 Å². The topological polar surface area (TPSA) is 101 Å². The van der Waals surface area contributed by atoms with Gasteiger partial charge in [-0.2, -0.15) is 0 Å². The molecule has 0 atom stereocenters. The van der Waals surface area contributed by atoms with E-state index >= 15 is 0 Å². The maximum absolute atomic E-state index is 10.2. The van der Waals surface area contributed by atoms with E-state index in [9.17, 15) is 9.59 Å². The van der Waals surface area contributed by atoms with Gasteiger partial charge in [-0.1, -0.05) is 31.8 Å². The third-order valence-corrected chi connectivity index (χ3v) is 2.22. The number of carbonyl (C=O) groups is 2. The second-order valence-electron chi connectivity index (χ2n) is 3.94. The van der Waals surface area contributed by atoms with Crippen molar-refractivity contribution in [2.45, 2.75) is 51.4 Å². The third kappa shape index (κ3) is 24.1. The van der Waals surface area contributed by atoms with E-state index in [-0.39, 0.29) is 6.54 Å². The van der Waals surface area contributed by atoms with Crippen LogP contribution in [0.3, 0.4) is 0 Å². The van der Waals surface area contributed by atoms with Crippen LogP contribution in [-0.2, 0) is 9.59 Å². The Kier molecular flexibility index (Phi) is 16.5. The van der Waals surface area contributed by atoms with Gasteiger partial charge in [0, 0.05) is 6.42 Å². The first-order valence-corrected chi connectivity index (χ1v) is 6.29. The summed E-state index contributed by atoms with van der Waals surface area (Å²) in [6.07, 6.45) is 10.1. The summed E-state index contributed by atoms with van der Waals surface area (Å²) in [6.45, 7) is 3.38. The van der Waals surface area contributed by atoms with Gasteiger partial charge in [0.05, 0.1) is 6.54 Å². The maximum Gasteiger partial charge on any atom is 0.317 e. The molecule has 0 saturated carbocycles. The number of aliphatic carboxylic acids is 2. The molecule has 0 spiro atoms. The van der Waals surface area contributed by atoms with Crippen LogP contribution in [0.25, 0.3) is 0 Å². The van der Waals surface area contributed by atoms with Gasteiger partial charge in [0.1, 0.15) is 0 Å². The van der Waals surface area contributed by atoms with Crippen LogP contribution in [0.15, 0.2) is 12.7 Å². The van der Waals surface area contributed by atoms with Gasteiger partial charge in [0.25, 0.3) is 0 Å². The predicted molar refractivity (Wildman–Crippen MR) is 71.5 cm³/mol. The number of hydrogen-bond donors (Lipinski definition) is 3. The molecular formula is C13H25NO4. The minimum Gasteiger partial charge on any atom is -0.481 e. The van der Waals surface area contributed by atoms with Crippen molar-refractivity contribution in [2.24, 2.45) is 5.73 Å². The highest BCUT2D eigenvalue weighted by atomic mass is 16.4. The molecule has 0 heterocycles. The van der Waals surface area contributed by atoms with E-state index in [0.29, 0.717) is 6.42 Å². The fourth-order valence-corrected chi connectivity index (χ4v) is 1.27. The summed E-state index contributed by atoms with van der Waals surface area (Å²) >= 11 is 0. The van der Waals surface area contributed by atoms with Crippen molar-refractivity contribution in [1.82, 2.24) is 0 Å². The number of unbranched alkanes of at least 4 members (excludes halogenated alkanes) is 6. The van der Waals surface area contributed by atoms with Crippen LogP contribution in [0.1, 0.15) is 51.4 Å². The van der Waals surface area contributed by atoms with E-state index < -0.39 is 11.9 Å². The molecule has 5 heteroatoms. The summed E-state index contributed by atoms with van der Waals surface area (Å²) in [5.41, 5.74) is 4.57. The van der Waals surface area contributed by atoms with Crippen molar-refractivity contribution >= 4 is 11.9 Å². The van der Waals surface area contributed by atoms with Crippen molar-refractivity contribution in [1.29, 1.82) is 0 Å². The van der Waals surface area contributed by atoms with E-state index in [2.05, 4.69) is 12.3 Å². The fraction of sp³-hybridized carbons (Fsp3) is 0.692. The summed E-state index contributed by atoms with van der Waals surface area (Å²) < 4.78 is 0. The highest BCUT2D eigenvalue weighted by Crippen LogP contribution is 2.08. The Labute approximate surface area is 109 Å². The molecule has 0 amide bonds.